The van der Waals surface area contributed by atoms with E-state index in [1.165, 1.54) is 0 Å². The molecule has 0 unspecified atom stereocenters. The second kappa shape index (κ2) is 6.56. The predicted octanol–water partition coefficient (Wildman–Crippen LogP) is 2.95. The molecule has 0 saturated carbocycles. The number of alkyl halides is 2. The van der Waals surface area contributed by atoms with Crippen LogP contribution >= 0.6 is 11.6 Å². The Bertz CT molecular complexity index is 729. The molecule has 0 fully saturated rings. The highest BCUT2D eigenvalue weighted by atomic mass is 35.5. The van der Waals surface area contributed by atoms with Gasteiger partial charge in [-0.3, -0.25) is 0 Å². The Balaban J connectivity index is 2.12. The SMILES string of the molecule is NC(=C1[NH2+]CCN(c2ccc(Cl)cc2)c2ccccc21)C(F)F. The number of benzene rings is 2. The fourth-order valence-electron chi connectivity index (χ4n) is 2.79. The van der Waals surface area contributed by atoms with Crippen LogP contribution in [-0.2, 0) is 0 Å². The Labute approximate surface area is 138 Å². The number of halogens is 3. The second-order valence-electron chi connectivity index (χ2n) is 5.31. The molecule has 2 aromatic carbocycles. The maximum Gasteiger partial charge on any atom is 0.283 e. The molecule has 0 aromatic heterocycles. The van der Waals surface area contributed by atoms with E-state index in [-0.39, 0.29) is 5.70 Å². The van der Waals surface area contributed by atoms with Gasteiger partial charge in [-0.05, 0) is 36.4 Å². The van der Waals surface area contributed by atoms with Gasteiger partial charge in [0.1, 0.15) is 5.70 Å². The van der Waals surface area contributed by atoms with Crippen LogP contribution in [0.25, 0.3) is 5.70 Å². The lowest BCUT2D eigenvalue weighted by molar-refractivity contribution is -0.560. The molecule has 0 amide bonds. The molecule has 3 rings (SSSR count). The number of allylic oxidation sites excluding steroid dienone is 1. The lowest BCUT2D eigenvalue weighted by Gasteiger charge is -2.23. The van der Waals surface area contributed by atoms with Crippen LogP contribution in [0.4, 0.5) is 20.2 Å². The van der Waals surface area contributed by atoms with Gasteiger partial charge in [-0.15, -0.1) is 0 Å². The first-order chi connectivity index (χ1) is 11.1. The molecule has 6 heteroatoms. The van der Waals surface area contributed by atoms with E-state index < -0.39 is 6.43 Å². The zero-order valence-corrected chi connectivity index (χ0v) is 13.1. The Kier molecular flexibility index (Phi) is 4.50. The average molecular weight is 337 g/mol. The monoisotopic (exact) mass is 336 g/mol. The van der Waals surface area contributed by atoms with Crippen LogP contribution in [0.1, 0.15) is 5.56 Å². The number of para-hydroxylation sites is 1. The minimum atomic E-state index is -2.67. The van der Waals surface area contributed by atoms with Crippen LogP contribution in [0, 0.1) is 0 Å². The number of hydrogen-bond acceptors (Lipinski definition) is 2. The number of nitrogens with two attached hydrogens (primary N) is 2. The van der Waals surface area contributed by atoms with Crippen molar-refractivity contribution in [1.29, 1.82) is 0 Å². The smallest absolute Gasteiger partial charge is 0.283 e. The number of quaternary nitrogens is 1. The number of nitrogens with zero attached hydrogens (tertiary/aromatic N) is 1. The van der Waals surface area contributed by atoms with Crippen LogP contribution < -0.4 is 16.0 Å². The fraction of sp³-hybridized carbons (Fsp3) is 0.176. The Morgan fingerprint density at radius 3 is 2.52 bits per heavy atom. The molecule has 120 valence electrons. The normalized spacial score (nSPS) is 17.0. The van der Waals surface area contributed by atoms with Crippen molar-refractivity contribution >= 4 is 28.7 Å². The third kappa shape index (κ3) is 3.16. The van der Waals surface area contributed by atoms with Gasteiger partial charge in [-0.25, -0.2) is 8.78 Å². The first-order valence-corrected chi connectivity index (χ1v) is 7.69. The molecule has 0 aliphatic carbocycles. The molecule has 0 saturated heterocycles. The number of rotatable bonds is 2. The Morgan fingerprint density at radius 2 is 1.83 bits per heavy atom. The van der Waals surface area contributed by atoms with E-state index in [9.17, 15) is 8.78 Å². The highest BCUT2D eigenvalue weighted by Gasteiger charge is 2.26. The predicted molar refractivity (Wildman–Crippen MR) is 88.8 cm³/mol. The van der Waals surface area contributed by atoms with Crippen molar-refractivity contribution < 1.29 is 14.1 Å². The van der Waals surface area contributed by atoms with Gasteiger partial charge in [-0.2, -0.15) is 0 Å². The Morgan fingerprint density at radius 1 is 1.13 bits per heavy atom. The number of fused-ring (bicyclic) bond motifs is 1. The molecule has 1 aliphatic rings. The zero-order valence-electron chi connectivity index (χ0n) is 12.3. The van der Waals surface area contributed by atoms with Crippen molar-refractivity contribution in [1.82, 2.24) is 0 Å². The summed E-state index contributed by atoms with van der Waals surface area (Å²) in [5.41, 5.74) is 8.23. The molecule has 0 radical (unpaired) electrons. The summed E-state index contributed by atoms with van der Waals surface area (Å²) >= 11 is 5.95. The van der Waals surface area contributed by atoms with Crippen LogP contribution in [0.15, 0.2) is 54.2 Å². The van der Waals surface area contributed by atoms with E-state index >= 15 is 0 Å². The molecule has 2 aromatic rings. The molecular formula is C17H17ClF2N3+. The van der Waals surface area contributed by atoms with Crippen molar-refractivity contribution in [2.75, 3.05) is 18.0 Å². The Hall–Kier alpha value is -2.11. The van der Waals surface area contributed by atoms with Crippen molar-refractivity contribution in [2.45, 2.75) is 6.43 Å². The van der Waals surface area contributed by atoms with E-state index in [1.807, 2.05) is 48.5 Å². The van der Waals surface area contributed by atoms with Gasteiger partial charge in [-0.1, -0.05) is 23.7 Å². The molecule has 0 spiro atoms. The van der Waals surface area contributed by atoms with Crippen LogP contribution in [0.5, 0.6) is 0 Å². The third-order valence-electron chi connectivity index (χ3n) is 3.87. The summed E-state index contributed by atoms with van der Waals surface area (Å²) in [5, 5.41) is 2.45. The maximum absolute atomic E-state index is 13.1. The first kappa shape index (κ1) is 15.8. The molecule has 23 heavy (non-hydrogen) atoms. The minimum Gasteiger partial charge on any atom is -0.393 e. The summed E-state index contributed by atoms with van der Waals surface area (Å²) in [6, 6.07) is 14.9. The van der Waals surface area contributed by atoms with Gasteiger partial charge in [0.2, 0.25) is 0 Å². The van der Waals surface area contributed by atoms with E-state index in [0.29, 0.717) is 23.8 Å². The first-order valence-electron chi connectivity index (χ1n) is 7.31. The van der Waals surface area contributed by atoms with E-state index in [2.05, 4.69) is 4.90 Å². The highest BCUT2D eigenvalue weighted by molar-refractivity contribution is 6.30. The molecule has 1 heterocycles. The van der Waals surface area contributed by atoms with Gasteiger partial charge in [0.05, 0.1) is 24.3 Å². The lowest BCUT2D eigenvalue weighted by Crippen LogP contribution is -2.82. The summed E-state index contributed by atoms with van der Waals surface area (Å²) in [7, 11) is 0. The number of anilines is 2. The van der Waals surface area contributed by atoms with Crippen molar-refractivity contribution in [3.05, 3.63) is 64.8 Å². The molecule has 4 N–H and O–H groups in total. The van der Waals surface area contributed by atoms with Crippen molar-refractivity contribution in [2.24, 2.45) is 5.73 Å². The standard InChI is InChI=1S/C17H16ClF2N3/c18-11-5-7-12(8-6-11)23-10-9-22-16(15(21)17(19)20)13-3-1-2-4-14(13)23/h1-8,17,22H,9-10,21H2/p+1. The lowest BCUT2D eigenvalue weighted by atomic mass is 10.1. The highest BCUT2D eigenvalue weighted by Crippen LogP contribution is 2.33. The summed E-state index contributed by atoms with van der Waals surface area (Å²) in [6.07, 6.45) is -2.67. The summed E-state index contributed by atoms with van der Waals surface area (Å²) in [4.78, 5) is 2.09. The van der Waals surface area contributed by atoms with Gasteiger partial charge in [0, 0.05) is 10.7 Å². The van der Waals surface area contributed by atoms with E-state index in [0.717, 1.165) is 16.9 Å². The summed E-state index contributed by atoms with van der Waals surface area (Å²) in [5.74, 6) is 0. The third-order valence-corrected chi connectivity index (χ3v) is 4.12. The van der Waals surface area contributed by atoms with E-state index in [1.54, 1.807) is 5.32 Å². The number of hydrogen-bond donors (Lipinski definition) is 2. The summed E-state index contributed by atoms with van der Waals surface area (Å²) < 4.78 is 26.1. The van der Waals surface area contributed by atoms with Crippen LogP contribution in [-0.4, -0.2) is 19.5 Å². The largest absolute Gasteiger partial charge is 0.393 e. The quantitative estimate of drug-likeness (QED) is 0.885. The molecule has 3 nitrogen and oxygen atoms in total. The van der Waals surface area contributed by atoms with E-state index in [4.69, 9.17) is 17.3 Å². The van der Waals surface area contributed by atoms with Gasteiger partial charge >= 0.3 is 0 Å². The zero-order chi connectivity index (χ0) is 16.4. The van der Waals surface area contributed by atoms with Crippen LogP contribution in [0.3, 0.4) is 0 Å². The fourth-order valence-corrected chi connectivity index (χ4v) is 2.91. The van der Waals surface area contributed by atoms with Crippen molar-refractivity contribution in [3.8, 4) is 0 Å². The van der Waals surface area contributed by atoms with Crippen molar-refractivity contribution in [3.63, 3.8) is 0 Å². The topological polar surface area (TPSA) is 45.9 Å². The van der Waals surface area contributed by atoms with Gasteiger partial charge in [0.15, 0.2) is 5.70 Å². The molecule has 0 bridgehead atoms. The van der Waals surface area contributed by atoms with Gasteiger partial charge in [0.25, 0.3) is 6.43 Å². The second-order valence-corrected chi connectivity index (χ2v) is 5.74. The molecular weight excluding hydrogens is 320 g/mol. The average Bonchev–Trinajstić information content (AvgIpc) is 2.74. The minimum absolute atomic E-state index is 0.379. The summed E-state index contributed by atoms with van der Waals surface area (Å²) in [6.45, 7) is 1.30. The maximum atomic E-state index is 13.1. The van der Waals surface area contributed by atoms with Crippen LogP contribution in [0.2, 0.25) is 5.02 Å². The van der Waals surface area contributed by atoms with Gasteiger partial charge < -0.3 is 16.0 Å². The molecule has 0 atom stereocenters. The molecule has 1 aliphatic heterocycles.